The van der Waals surface area contributed by atoms with Crippen LogP contribution < -0.4 is 9.62 Å². The van der Waals surface area contributed by atoms with Crippen molar-refractivity contribution in [3.8, 4) is 0 Å². The van der Waals surface area contributed by atoms with Crippen LogP contribution in [0.4, 0.5) is 15.8 Å². The maximum Gasteiger partial charge on any atom is 0.264 e. The molecule has 3 aromatic rings. The Morgan fingerprint density at radius 1 is 1.07 bits per heavy atom. The summed E-state index contributed by atoms with van der Waals surface area (Å²) in [7, 11) is -4.10. The molecule has 5 nitrogen and oxygen atoms in total. The van der Waals surface area contributed by atoms with E-state index in [0.717, 1.165) is 19.7 Å². The summed E-state index contributed by atoms with van der Waals surface area (Å²) in [4.78, 5) is 13.6. The lowest BCUT2D eigenvalue weighted by molar-refractivity contribution is -0.114. The number of thioether (sulfide) groups is 1. The summed E-state index contributed by atoms with van der Waals surface area (Å²) in [6, 6.07) is 18.4. The van der Waals surface area contributed by atoms with Crippen molar-refractivity contribution in [3.05, 3.63) is 83.1 Å². The number of benzene rings is 3. The highest BCUT2D eigenvalue weighted by atomic mass is 79.9. The van der Waals surface area contributed by atoms with Crippen molar-refractivity contribution < 1.29 is 17.6 Å². The molecule has 0 saturated heterocycles. The number of nitrogens with one attached hydrogen (secondary N) is 1. The molecule has 1 N–H and O–H groups in total. The first-order valence-electron chi connectivity index (χ1n) is 8.77. The number of carbonyl (C=O) groups excluding carboxylic acids is 1. The van der Waals surface area contributed by atoms with Crippen LogP contribution in [-0.4, -0.2) is 27.1 Å². The minimum Gasteiger partial charge on any atom is -0.324 e. The highest BCUT2D eigenvalue weighted by Crippen LogP contribution is 2.26. The minimum absolute atomic E-state index is 0.0137. The molecule has 1 amide bonds. The Morgan fingerprint density at radius 3 is 2.40 bits per heavy atom. The summed E-state index contributed by atoms with van der Waals surface area (Å²) in [6.45, 7) is -0.511. The topological polar surface area (TPSA) is 66.5 Å². The van der Waals surface area contributed by atoms with Crippen LogP contribution in [0.25, 0.3) is 0 Å². The zero-order valence-electron chi connectivity index (χ0n) is 15.9. The zero-order chi connectivity index (χ0) is 21.7. The molecule has 0 radical (unpaired) electrons. The van der Waals surface area contributed by atoms with E-state index in [-0.39, 0.29) is 10.6 Å². The molecular weight excluding hydrogens is 491 g/mol. The predicted molar refractivity (Wildman–Crippen MR) is 122 cm³/mol. The Balaban J connectivity index is 1.94. The number of rotatable bonds is 7. The lowest BCUT2D eigenvalue weighted by Gasteiger charge is -2.24. The second kappa shape index (κ2) is 9.63. The third kappa shape index (κ3) is 5.41. The largest absolute Gasteiger partial charge is 0.324 e. The molecule has 0 atom stereocenters. The van der Waals surface area contributed by atoms with Crippen molar-refractivity contribution in [1.82, 2.24) is 0 Å². The van der Waals surface area contributed by atoms with Gasteiger partial charge in [-0.15, -0.1) is 11.8 Å². The second-order valence-electron chi connectivity index (χ2n) is 6.23. The van der Waals surface area contributed by atoms with E-state index >= 15 is 0 Å². The Bertz CT molecular complexity index is 1150. The van der Waals surface area contributed by atoms with Gasteiger partial charge in [0.1, 0.15) is 12.4 Å². The van der Waals surface area contributed by atoms with E-state index < -0.39 is 28.3 Å². The summed E-state index contributed by atoms with van der Waals surface area (Å²) in [5, 5.41) is 2.67. The lowest BCUT2D eigenvalue weighted by atomic mass is 10.3. The smallest absolute Gasteiger partial charge is 0.264 e. The number of anilines is 2. The molecule has 30 heavy (non-hydrogen) atoms. The van der Waals surface area contributed by atoms with Crippen LogP contribution in [0.5, 0.6) is 0 Å². The fraction of sp³-hybridized carbons (Fsp3) is 0.0952. The standard InChI is InChI=1S/C21H18BrFN2O3S2/c1-29-19-8-10-20(11-9-19)30(27,28)25(18-7-3-5-16(23)13-18)14-21(26)24-17-6-2-4-15(22)12-17/h2-13H,14H2,1H3,(H,24,26). The van der Waals surface area contributed by atoms with Crippen LogP contribution in [0.1, 0.15) is 0 Å². The summed E-state index contributed by atoms with van der Waals surface area (Å²) < 4.78 is 42.1. The molecule has 0 heterocycles. The van der Waals surface area contributed by atoms with Crippen LogP contribution in [0.2, 0.25) is 0 Å². The molecule has 0 saturated carbocycles. The number of hydrogen-bond acceptors (Lipinski definition) is 4. The van der Waals surface area contributed by atoms with E-state index in [1.165, 1.54) is 42.1 Å². The SMILES string of the molecule is CSc1ccc(S(=O)(=O)N(CC(=O)Nc2cccc(Br)c2)c2cccc(F)c2)cc1. The van der Waals surface area contributed by atoms with Gasteiger partial charge in [-0.3, -0.25) is 9.10 Å². The van der Waals surface area contributed by atoms with Crippen LogP contribution in [-0.2, 0) is 14.8 Å². The monoisotopic (exact) mass is 508 g/mol. The van der Waals surface area contributed by atoms with Crippen molar-refractivity contribution >= 4 is 55.0 Å². The molecule has 0 aliphatic carbocycles. The van der Waals surface area contributed by atoms with Crippen molar-refractivity contribution in [2.24, 2.45) is 0 Å². The van der Waals surface area contributed by atoms with Gasteiger partial charge in [0.15, 0.2) is 0 Å². The number of carbonyl (C=O) groups is 1. The highest BCUT2D eigenvalue weighted by molar-refractivity contribution is 9.10. The van der Waals surface area contributed by atoms with E-state index in [9.17, 15) is 17.6 Å². The highest BCUT2D eigenvalue weighted by Gasteiger charge is 2.27. The quantitative estimate of drug-likeness (QED) is 0.448. The Labute approximate surface area is 187 Å². The lowest BCUT2D eigenvalue weighted by Crippen LogP contribution is -2.38. The van der Waals surface area contributed by atoms with Gasteiger partial charge < -0.3 is 5.32 Å². The van der Waals surface area contributed by atoms with E-state index in [1.54, 1.807) is 36.4 Å². The first-order valence-corrected chi connectivity index (χ1v) is 12.2. The van der Waals surface area contributed by atoms with E-state index in [0.29, 0.717) is 5.69 Å². The Kier molecular flexibility index (Phi) is 7.17. The van der Waals surface area contributed by atoms with Gasteiger partial charge >= 0.3 is 0 Å². The molecule has 3 aromatic carbocycles. The molecule has 9 heteroatoms. The van der Waals surface area contributed by atoms with Gasteiger partial charge in [0, 0.05) is 15.1 Å². The average Bonchev–Trinajstić information content (AvgIpc) is 2.72. The third-order valence-corrected chi connectivity index (χ3v) is 7.16. The van der Waals surface area contributed by atoms with Crippen molar-refractivity contribution in [3.63, 3.8) is 0 Å². The van der Waals surface area contributed by atoms with Gasteiger partial charge in [0.2, 0.25) is 5.91 Å². The molecule has 3 rings (SSSR count). The van der Waals surface area contributed by atoms with E-state index in [1.807, 2.05) is 6.26 Å². The van der Waals surface area contributed by atoms with Crippen molar-refractivity contribution in [2.45, 2.75) is 9.79 Å². The van der Waals surface area contributed by atoms with Gasteiger partial charge in [0.05, 0.1) is 10.6 Å². The Hall–Kier alpha value is -2.36. The van der Waals surface area contributed by atoms with Crippen LogP contribution in [0.3, 0.4) is 0 Å². The molecular formula is C21H18BrFN2O3S2. The number of hydrogen-bond donors (Lipinski definition) is 1. The summed E-state index contributed by atoms with van der Waals surface area (Å²) in [6.07, 6.45) is 1.88. The number of sulfonamides is 1. The maximum atomic E-state index is 13.8. The molecule has 0 aliphatic rings. The molecule has 156 valence electrons. The molecule has 0 aromatic heterocycles. The first-order chi connectivity index (χ1) is 14.3. The van der Waals surface area contributed by atoms with Gasteiger partial charge in [-0.2, -0.15) is 0 Å². The number of halogens is 2. The number of amides is 1. The maximum absolute atomic E-state index is 13.8. The zero-order valence-corrected chi connectivity index (χ0v) is 19.1. The summed E-state index contributed by atoms with van der Waals surface area (Å²) >= 11 is 4.80. The second-order valence-corrected chi connectivity index (χ2v) is 9.88. The van der Waals surface area contributed by atoms with Gasteiger partial charge in [-0.1, -0.05) is 28.1 Å². The first kappa shape index (κ1) is 22.3. The fourth-order valence-corrected chi connectivity index (χ4v) is 4.94. The normalized spacial score (nSPS) is 11.2. The van der Waals surface area contributed by atoms with E-state index in [4.69, 9.17) is 0 Å². The van der Waals surface area contributed by atoms with Crippen LogP contribution >= 0.6 is 27.7 Å². The van der Waals surface area contributed by atoms with Gasteiger partial charge in [0.25, 0.3) is 10.0 Å². The predicted octanol–water partition coefficient (Wildman–Crippen LogP) is 5.14. The molecule has 0 spiro atoms. The molecule has 0 unspecified atom stereocenters. The molecule has 0 bridgehead atoms. The fourth-order valence-electron chi connectivity index (χ4n) is 2.72. The van der Waals surface area contributed by atoms with Gasteiger partial charge in [-0.25, -0.2) is 12.8 Å². The Morgan fingerprint density at radius 2 is 1.77 bits per heavy atom. The molecule has 0 fully saturated rings. The minimum atomic E-state index is -4.10. The van der Waals surface area contributed by atoms with E-state index in [2.05, 4.69) is 21.2 Å². The summed E-state index contributed by atoms with van der Waals surface area (Å²) in [5.41, 5.74) is 0.573. The van der Waals surface area contributed by atoms with Crippen molar-refractivity contribution in [1.29, 1.82) is 0 Å². The summed E-state index contributed by atoms with van der Waals surface area (Å²) in [5.74, 6) is -1.15. The van der Waals surface area contributed by atoms with Crippen LogP contribution in [0, 0.1) is 5.82 Å². The average molecular weight is 509 g/mol. The third-order valence-electron chi connectivity index (χ3n) is 4.14. The molecule has 0 aliphatic heterocycles. The van der Waals surface area contributed by atoms with Crippen LogP contribution in [0.15, 0.2) is 87.1 Å². The number of nitrogens with zero attached hydrogens (tertiary/aromatic N) is 1. The van der Waals surface area contributed by atoms with Gasteiger partial charge in [-0.05, 0) is 66.9 Å². The van der Waals surface area contributed by atoms with Crippen molar-refractivity contribution in [2.75, 3.05) is 22.4 Å².